The summed E-state index contributed by atoms with van der Waals surface area (Å²) in [5, 5.41) is 11.2. The second-order valence-electron chi connectivity index (χ2n) is 10.5. The molecule has 0 saturated carbocycles. The van der Waals surface area contributed by atoms with E-state index in [9.17, 15) is 18.0 Å². The Kier molecular flexibility index (Phi) is 9.17. The molecular weight excluding hydrogens is 537 g/mol. The third kappa shape index (κ3) is 7.61. The molecule has 12 heteroatoms. The largest absolute Gasteiger partial charge is 0.406 e. The van der Waals surface area contributed by atoms with Crippen LogP contribution in [0.5, 0.6) is 0 Å². The van der Waals surface area contributed by atoms with E-state index in [2.05, 4.69) is 39.5 Å². The van der Waals surface area contributed by atoms with Gasteiger partial charge in [0.25, 0.3) is 5.91 Å². The molecule has 2 aliphatic rings. The van der Waals surface area contributed by atoms with Crippen LogP contribution in [0.4, 0.5) is 18.9 Å². The molecule has 0 spiro atoms. The van der Waals surface area contributed by atoms with E-state index in [0.717, 1.165) is 31.6 Å². The predicted octanol–water partition coefficient (Wildman–Crippen LogP) is 3.35. The first-order valence-electron chi connectivity index (χ1n) is 13.9. The van der Waals surface area contributed by atoms with E-state index in [0.29, 0.717) is 55.4 Å². The van der Waals surface area contributed by atoms with E-state index in [1.165, 1.54) is 10.8 Å². The van der Waals surface area contributed by atoms with Gasteiger partial charge in [0.2, 0.25) is 0 Å². The Hall–Kier alpha value is -3.53. The minimum atomic E-state index is -4.42. The maximum absolute atomic E-state index is 13.6. The lowest BCUT2D eigenvalue weighted by Crippen LogP contribution is -2.45. The molecule has 4 heterocycles. The van der Waals surface area contributed by atoms with Gasteiger partial charge in [-0.25, -0.2) is 0 Å². The molecule has 220 valence electrons. The first kappa shape index (κ1) is 29.0. The molecule has 0 radical (unpaired) electrons. The third-order valence-electron chi connectivity index (χ3n) is 7.48. The predicted molar refractivity (Wildman–Crippen MR) is 149 cm³/mol. The van der Waals surface area contributed by atoms with Crippen LogP contribution >= 0.6 is 0 Å². The van der Waals surface area contributed by atoms with Crippen LogP contribution in [0.1, 0.15) is 28.9 Å². The zero-order chi connectivity index (χ0) is 28.8. The lowest BCUT2D eigenvalue weighted by Gasteiger charge is -2.38. The topological polar surface area (TPSA) is 85.6 Å². The number of amides is 1. The fourth-order valence-corrected chi connectivity index (χ4v) is 5.44. The summed E-state index contributed by atoms with van der Waals surface area (Å²) in [4.78, 5) is 14.8. The molecule has 1 saturated heterocycles. The van der Waals surface area contributed by atoms with E-state index >= 15 is 0 Å². The van der Waals surface area contributed by atoms with Crippen LogP contribution in [0.25, 0.3) is 10.9 Å². The highest BCUT2D eigenvalue weighted by atomic mass is 19.4. The summed E-state index contributed by atoms with van der Waals surface area (Å²) >= 11 is 0. The van der Waals surface area contributed by atoms with Crippen molar-refractivity contribution in [2.75, 3.05) is 58.4 Å². The quantitative estimate of drug-likeness (QED) is 0.436. The Morgan fingerprint density at radius 2 is 1.95 bits per heavy atom. The van der Waals surface area contributed by atoms with Crippen molar-refractivity contribution in [2.45, 2.75) is 38.1 Å². The Balaban J connectivity index is 1.44. The molecule has 1 aromatic carbocycles. The molecule has 2 aromatic heterocycles. The van der Waals surface area contributed by atoms with Crippen LogP contribution in [0, 0.1) is 17.8 Å². The maximum atomic E-state index is 13.6. The molecule has 3 aromatic rings. The van der Waals surface area contributed by atoms with Gasteiger partial charge in [-0.15, -0.1) is 0 Å². The van der Waals surface area contributed by atoms with Gasteiger partial charge in [0, 0.05) is 36.5 Å². The molecule has 1 amide bonds. The van der Waals surface area contributed by atoms with E-state index in [-0.39, 0.29) is 24.2 Å². The number of piperidine rings is 1. The van der Waals surface area contributed by atoms with Crippen molar-refractivity contribution in [3.05, 3.63) is 47.9 Å². The number of fused-ring (bicyclic) bond motifs is 4. The van der Waals surface area contributed by atoms with Crippen molar-refractivity contribution in [3.63, 3.8) is 0 Å². The number of nitrogens with zero attached hydrogens (tertiary/aromatic N) is 4. The number of hydrogen-bond donors (Lipinski definition) is 2. The van der Waals surface area contributed by atoms with Gasteiger partial charge in [-0.05, 0) is 56.5 Å². The molecule has 4 bridgehead atoms. The summed E-state index contributed by atoms with van der Waals surface area (Å²) in [7, 11) is 2.10. The number of hydrogen-bond acceptors (Lipinski definition) is 6. The number of rotatable bonds is 1. The number of likely N-dealkylation sites (tertiary alicyclic amines) is 1. The molecule has 1 fully saturated rings. The van der Waals surface area contributed by atoms with Gasteiger partial charge in [-0.1, -0.05) is 12.0 Å². The summed E-state index contributed by atoms with van der Waals surface area (Å²) in [5.41, 5.74) is 1.84. The number of nitrogens with one attached hydrogen (secondary N) is 2. The SMILES string of the molecule is CN1CC[C@@H]2Nc3cccc4c3cc(n4CC(F)(F)F)C#CCNC(=O)c3cnn(c3)CCOCCOCC[C@H]2C1. The number of benzene rings is 1. The highest BCUT2D eigenvalue weighted by molar-refractivity contribution is 5.94. The normalized spacial score (nSPS) is 21.9. The second kappa shape index (κ2) is 13.0. The number of carbonyl (C=O) groups excluding carboxylic acids is 1. The van der Waals surface area contributed by atoms with Gasteiger partial charge in [0.15, 0.2) is 0 Å². The molecule has 2 aliphatic heterocycles. The second-order valence-corrected chi connectivity index (χ2v) is 10.5. The highest BCUT2D eigenvalue weighted by Crippen LogP contribution is 2.32. The summed E-state index contributed by atoms with van der Waals surface area (Å²) in [5.74, 6) is 5.61. The monoisotopic (exact) mass is 572 g/mol. The number of halogens is 3. The lowest BCUT2D eigenvalue weighted by atomic mass is 9.89. The average Bonchev–Trinajstić information content (AvgIpc) is 3.54. The summed E-state index contributed by atoms with van der Waals surface area (Å²) in [6.45, 7) is 3.08. The molecule has 0 unspecified atom stereocenters. The van der Waals surface area contributed by atoms with Gasteiger partial charge < -0.3 is 29.6 Å². The fourth-order valence-electron chi connectivity index (χ4n) is 5.44. The van der Waals surface area contributed by atoms with E-state index in [4.69, 9.17) is 9.47 Å². The van der Waals surface area contributed by atoms with Gasteiger partial charge in [0.1, 0.15) is 6.54 Å². The van der Waals surface area contributed by atoms with Gasteiger partial charge in [0.05, 0.1) is 55.9 Å². The number of anilines is 1. The molecule has 9 nitrogen and oxygen atoms in total. The average molecular weight is 573 g/mol. The lowest BCUT2D eigenvalue weighted by molar-refractivity contribution is -0.140. The van der Waals surface area contributed by atoms with Crippen LogP contribution in [-0.4, -0.2) is 90.5 Å². The zero-order valence-corrected chi connectivity index (χ0v) is 23.0. The Morgan fingerprint density at radius 3 is 2.78 bits per heavy atom. The van der Waals surface area contributed by atoms with Crippen molar-refractivity contribution in [1.29, 1.82) is 0 Å². The summed E-state index contributed by atoms with van der Waals surface area (Å²) < 4.78 is 55.2. The smallest absolute Gasteiger partial charge is 0.381 e. The first-order valence-corrected chi connectivity index (χ1v) is 13.9. The van der Waals surface area contributed by atoms with Crippen molar-refractivity contribution in [1.82, 2.24) is 24.6 Å². The minimum absolute atomic E-state index is 0.0248. The molecular formula is C29H35F3N6O3. The molecule has 2 N–H and O–H groups in total. The Labute approximate surface area is 236 Å². The minimum Gasteiger partial charge on any atom is -0.381 e. The van der Waals surface area contributed by atoms with Crippen LogP contribution in [0.15, 0.2) is 36.7 Å². The molecule has 5 rings (SSSR count). The Bertz CT molecular complexity index is 1410. The maximum Gasteiger partial charge on any atom is 0.406 e. The van der Waals surface area contributed by atoms with E-state index in [1.807, 2.05) is 6.07 Å². The number of ether oxygens (including phenoxy) is 2. The number of aromatic nitrogens is 3. The van der Waals surface area contributed by atoms with Crippen molar-refractivity contribution < 1.29 is 27.4 Å². The molecule has 41 heavy (non-hydrogen) atoms. The van der Waals surface area contributed by atoms with Crippen LogP contribution in [0.2, 0.25) is 0 Å². The van der Waals surface area contributed by atoms with Crippen molar-refractivity contribution >= 4 is 22.5 Å². The van der Waals surface area contributed by atoms with Gasteiger partial charge >= 0.3 is 6.18 Å². The first-order chi connectivity index (χ1) is 19.8. The van der Waals surface area contributed by atoms with Gasteiger partial charge in [-0.3, -0.25) is 9.48 Å². The van der Waals surface area contributed by atoms with E-state index < -0.39 is 12.7 Å². The summed E-state index contributed by atoms with van der Waals surface area (Å²) in [6, 6.07) is 7.20. The molecule has 0 aliphatic carbocycles. The van der Waals surface area contributed by atoms with Crippen LogP contribution in [-0.2, 0) is 22.6 Å². The summed E-state index contributed by atoms with van der Waals surface area (Å²) in [6.07, 6.45) is 0.403. The Morgan fingerprint density at radius 1 is 1.12 bits per heavy atom. The van der Waals surface area contributed by atoms with E-state index in [1.54, 1.807) is 29.1 Å². The number of carbonyl (C=O) groups is 1. The van der Waals surface area contributed by atoms with Gasteiger partial charge in [-0.2, -0.15) is 18.3 Å². The molecule has 2 atom stereocenters. The van der Waals surface area contributed by atoms with Crippen LogP contribution in [0.3, 0.4) is 0 Å². The highest BCUT2D eigenvalue weighted by Gasteiger charge is 2.31. The fraction of sp³-hybridized carbons (Fsp3) is 0.517. The standard InChI is InChI=1S/C29H35F3N6O3/c1-36-10-7-25-21(18-36)8-12-40-14-15-41-13-11-37-19-22(17-34-37)28(39)33-9-3-4-23-16-24-26(35-25)5-2-6-27(24)38(23)20-29(30,31)32/h2,5-6,16-17,19,21,25,35H,7-15,18,20H2,1H3,(H,33,39)/t21-,25-/m0/s1. The third-order valence-corrected chi connectivity index (χ3v) is 7.48. The van der Waals surface area contributed by atoms with Crippen molar-refractivity contribution in [3.8, 4) is 11.8 Å². The van der Waals surface area contributed by atoms with Crippen molar-refractivity contribution in [2.24, 2.45) is 5.92 Å². The zero-order valence-electron chi connectivity index (χ0n) is 23.0. The van der Waals surface area contributed by atoms with Crippen LogP contribution < -0.4 is 10.6 Å². The number of alkyl halides is 3.